The van der Waals surface area contributed by atoms with E-state index in [1.807, 2.05) is 0 Å². The molecule has 2 atom stereocenters. The van der Waals surface area contributed by atoms with Crippen molar-refractivity contribution >= 4 is 33.3 Å². The van der Waals surface area contributed by atoms with Crippen molar-refractivity contribution in [2.24, 2.45) is 5.92 Å². The maximum atomic E-state index is 12.1. The molecule has 2 aromatic heterocycles. The first kappa shape index (κ1) is 11.4. The van der Waals surface area contributed by atoms with Crippen LogP contribution in [0.4, 0.5) is 5.69 Å². The molecule has 0 saturated heterocycles. The number of rotatable bonds is 3. The van der Waals surface area contributed by atoms with Gasteiger partial charge in [0, 0.05) is 18.4 Å². The first-order valence-corrected chi connectivity index (χ1v) is 6.82. The van der Waals surface area contributed by atoms with Gasteiger partial charge >= 0.3 is 0 Å². The summed E-state index contributed by atoms with van der Waals surface area (Å²) in [5.74, 6) is 0.527. The summed E-state index contributed by atoms with van der Waals surface area (Å²) in [6, 6.07) is 0.313. The molecular formula is C12H14N4OS. The van der Waals surface area contributed by atoms with Gasteiger partial charge in [0.05, 0.1) is 5.69 Å². The van der Waals surface area contributed by atoms with Crippen LogP contribution in [0.1, 0.15) is 29.4 Å². The van der Waals surface area contributed by atoms with E-state index in [-0.39, 0.29) is 5.91 Å². The maximum absolute atomic E-state index is 12.1. The van der Waals surface area contributed by atoms with Gasteiger partial charge in [0.2, 0.25) is 0 Å². The van der Waals surface area contributed by atoms with Crippen molar-refractivity contribution < 1.29 is 4.79 Å². The first-order valence-electron chi connectivity index (χ1n) is 6.00. The van der Waals surface area contributed by atoms with Gasteiger partial charge in [-0.3, -0.25) is 4.79 Å². The first-order chi connectivity index (χ1) is 8.70. The Bertz CT molecular complexity index is 609. The Kier molecular flexibility index (Phi) is 2.66. The fourth-order valence-corrected chi connectivity index (χ4v) is 3.05. The van der Waals surface area contributed by atoms with Crippen LogP contribution in [0.3, 0.4) is 0 Å². The topological polar surface area (TPSA) is 80.9 Å². The molecule has 0 aromatic carbocycles. The van der Waals surface area contributed by atoms with Crippen molar-refractivity contribution in [3.63, 3.8) is 0 Å². The van der Waals surface area contributed by atoms with Gasteiger partial charge in [-0.15, -0.1) is 11.3 Å². The zero-order valence-corrected chi connectivity index (χ0v) is 10.8. The van der Waals surface area contributed by atoms with E-state index >= 15 is 0 Å². The average molecular weight is 262 g/mol. The lowest BCUT2D eigenvalue weighted by Crippen LogP contribution is -2.26. The molecule has 0 radical (unpaired) electrons. The SMILES string of the molecule is CCC1CC1NC(=O)c1sc2nccnc2c1N. The summed E-state index contributed by atoms with van der Waals surface area (Å²) in [6.45, 7) is 2.14. The van der Waals surface area contributed by atoms with Crippen molar-refractivity contribution in [2.75, 3.05) is 5.73 Å². The molecule has 3 N–H and O–H groups in total. The van der Waals surface area contributed by atoms with Gasteiger partial charge < -0.3 is 11.1 Å². The molecular weight excluding hydrogens is 248 g/mol. The summed E-state index contributed by atoms with van der Waals surface area (Å²) >= 11 is 1.30. The number of thiophene rings is 1. The number of nitrogens with one attached hydrogen (secondary N) is 1. The number of hydrogen-bond donors (Lipinski definition) is 2. The molecule has 1 fully saturated rings. The highest BCUT2D eigenvalue weighted by atomic mass is 32.1. The lowest BCUT2D eigenvalue weighted by molar-refractivity contribution is 0.0954. The van der Waals surface area contributed by atoms with Crippen LogP contribution in [0, 0.1) is 5.92 Å². The molecule has 2 unspecified atom stereocenters. The summed E-state index contributed by atoms with van der Waals surface area (Å²) in [4.78, 5) is 21.7. The fraction of sp³-hybridized carbons (Fsp3) is 0.417. The molecule has 0 bridgehead atoms. The van der Waals surface area contributed by atoms with Gasteiger partial charge in [0.25, 0.3) is 5.91 Å². The van der Waals surface area contributed by atoms with Crippen molar-refractivity contribution in [3.8, 4) is 0 Å². The number of hydrogen-bond acceptors (Lipinski definition) is 5. The van der Waals surface area contributed by atoms with Gasteiger partial charge in [0.1, 0.15) is 15.2 Å². The third-order valence-corrected chi connectivity index (χ3v) is 4.43. The molecule has 94 valence electrons. The Balaban J connectivity index is 1.85. The second-order valence-electron chi connectivity index (χ2n) is 4.54. The number of amides is 1. The van der Waals surface area contributed by atoms with Crippen LogP contribution in [0.5, 0.6) is 0 Å². The third kappa shape index (κ3) is 1.82. The van der Waals surface area contributed by atoms with Crippen LogP contribution < -0.4 is 11.1 Å². The van der Waals surface area contributed by atoms with E-state index in [0.717, 1.165) is 12.8 Å². The summed E-state index contributed by atoms with van der Waals surface area (Å²) in [7, 11) is 0. The molecule has 1 amide bonds. The minimum atomic E-state index is -0.0988. The smallest absolute Gasteiger partial charge is 0.263 e. The van der Waals surface area contributed by atoms with E-state index in [1.165, 1.54) is 11.3 Å². The number of nitrogen functional groups attached to an aromatic ring is 1. The second-order valence-corrected chi connectivity index (χ2v) is 5.54. The normalized spacial score (nSPS) is 22.1. The highest BCUT2D eigenvalue weighted by Crippen LogP contribution is 2.35. The predicted octanol–water partition coefficient (Wildman–Crippen LogP) is 1.80. The van der Waals surface area contributed by atoms with Crippen molar-refractivity contribution in [1.29, 1.82) is 0 Å². The number of nitrogens with zero attached hydrogens (tertiary/aromatic N) is 2. The third-order valence-electron chi connectivity index (χ3n) is 3.33. The van der Waals surface area contributed by atoms with Crippen LogP contribution in [-0.2, 0) is 0 Å². The standard InChI is InChI=1S/C12H14N4OS/c1-2-6-5-7(6)16-11(17)10-8(13)9-12(18-10)15-4-3-14-9/h3-4,6-7H,2,5,13H2,1H3,(H,16,17). The molecule has 3 rings (SSSR count). The zero-order valence-electron chi connectivity index (χ0n) is 10.0. The van der Waals surface area contributed by atoms with E-state index in [1.54, 1.807) is 12.4 Å². The molecule has 1 saturated carbocycles. The number of fused-ring (bicyclic) bond motifs is 1. The number of carbonyl (C=O) groups excluding carboxylic acids is 1. The van der Waals surface area contributed by atoms with Gasteiger partial charge in [-0.05, 0) is 12.3 Å². The highest BCUT2D eigenvalue weighted by molar-refractivity contribution is 7.21. The quantitative estimate of drug-likeness (QED) is 0.883. The van der Waals surface area contributed by atoms with Crippen LogP contribution >= 0.6 is 11.3 Å². The van der Waals surface area contributed by atoms with E-state index < -0.39 is 0 Å². The Morgan fingerprint density at radius 2 is 2.33 bits per heavy atom. The number of carbonyl (C=O) groups is 1. The predicted molar refractivity (Wildman–Crippen MR) is 71.5 cm³/mol. The van der Waals surface area contributed by atoms with Crippen molar-refractivity contribution in [3.05, 3.63) is 17.3 Å². The fourth-order valence-electron chi connectivity index (χ4n) is 2.12. The minimum Gasteiger partial charge on any atom is -0.396 e. The Morgan fingerprint density at radius 1 is 1.56 bits per heavy atom. The zero-order chi connectivity index (χ0) is 12.7. The average Bonchev–Trinajstić information content (AvgIpc) is 3.05. The molecule has 18 heavy (non-hydrogen) atoms. The summed E-state index contributed by atoms with van der Waals surface area (Å²) in [6.07, 6.45) is 5.37. The molecule has 0 aliphatic heterocycles. The minimum absolute atomic E-state index is 0.0988. The van der Waals surface area contributed by atoms with Crippen LogP contribution in [0.15, 0.2) is 12.4 Å². The Labute approximate surface area is 108 Å². The van der Waals surface area contributed by atoms with Crippen LogP contribution in [0.25, 0.3) is 10.3 Å². The molecule has 2 aromatic rings. The van der Waals surface area contributed by atoms with E-state index in [4.69, 9.17) is 5.73 Å². The van der Waals surface area contributed by atoms with Crippen molar-refractivity contribution in [2.45, 2.75) is 25.8 Å². The van der Waals surface area contributed by atoms with E-state index in [2.05, 4.69) is 22.2 Å². The molecule has 2 heterocycles. The lowest BCUT2D eigenvalue weighted by Gasteiger charge is -2.02. The summed E-state index contributed by atoms with van der Waals surface area (Å²) in [5.41, 5.74) is 7.01. The number of nitrogens with two attached hydrogens (primary N) is 1. The van der Waals surface area contributed by atoms with Gasteiger partial charge in [-0.25, -0.2) is 9.97 Å². The Hall–Kier alpha value is -1.69. The maximum Gasteiger partial charge on any atom is 0.263 e. The highest BCUT2D eigenvalue weighted by Gasteiger charge is 2.37. The number of anilines is 1. The Morgan fingerprint density at radius 3 is 3.00 bits per heavy atom. The second kappa shape index (κ2) is 4.20. The van der Waals surface area contributed by atoms with E-state index in [0.29, 0.717) is 32.9 Å². The van der Waals surface area contributed by atoms with Gasteiger partial charge in [-0.2, -0.15) is 0 Å². The summed E-state index contributed by atoms with van der Waals surface area (Å²) < 4.78 is 0. The number of aromatic nitrogens is 2. The van der Waals surface area contributed by atoms with Crippen molar-refractivity contribution in [1.82, 2.24) is 15.3 Å². The van der Waals surface area contributed by atoms with Crippen LogP contribution in [-0.4, -0.2) is 21.9 Å². The summed E-state index contributed by atoms with van der Waals surface area (Å²) in [5, 5.41) is 3.01. The van der Waals surface area contributed by atoms with E-state index in [9.17, 15) is 4.79 Å². The monoisotopic (exact) mass is 262 g/mol. The molecule has 1 aliphatic rings. The van der Waals surface area contributed by atoms with Gasteiger partial charge in [-0.1, -0.05) is 13.3 Å². The van der Waals surface area contributed by atoms with Gasteiger partial charge in [0.15, 0.2) is 0 Å². The molecule has 5 nitrogen and oxygen atoms in total. The lowest BCUT2D eigenvalue weighted by atomic mass is 10.3. The molecule has 6 heteroatoms. The molecule has 0 spiro atoms. The molecule has 1 aliphatic carbocycles. The largest absolute Gasteiger partial charge is 0.396 e. The van der Waals surface area contributed by atoms with Crippen LogP contribution in [0.2, 0.25) is 0 Å².